The highest BCUT2D eigenvalue weighted by Crippen LogP contribution is 2.29. The lowest BCUT2D eigenvalue weighted by atomic mass is 9.76. The molecule has 2 rings (SSSR count). The van der Waals surface area contributed by atoms with E-state index in [0.717, 1.165) is 0 Å². The average Bonchev–Trinajstić information content (AvgIpc) is 2.76. The van der Waals surface area contributed by atoms with E-state index in [-0.39, 0.29) is 11.1 Å². The molecule has 0 spiro atoms. The molecule has 0 saturated carbocycles. The predicted molar refractivity (Wildman–Crippen MR) is 107 cm³/mol. The van der Waals surface area contributed by atoms with Crippen LogP contribution < -0.4 is 0 Å². The van der Waals surface area contributed by atoms with E-state index in [1.807, 2.05) is 0 Å². The zero-order valence-electron chi connectivity index (χ0n) is 16.6. The fraction of sp³-hybridized carbons (Fsp3) is 0.364. The number of carbonyl (C=O) groups is 2. The Morgan fingerprint density at radius 3 is 1.57 bits per heavy atom. The minimum absolute atomic E-state index is 0.0645. The summed E-state index contributed by atoms with van der Waals surface area (Å²) in [6.45, 7) is 2.18. The maximum atomic E-state index is 13.3. The Kier molecular flexibility index (Phi) is 7.59. The van der Waals surface area contributed by atoms with Crippen LogP contribution >= 0.6 is 0 Å². The lowest BCUT2D eigenvalue weighted by Crippen LogP contribution is -2.63. The van der Waals surface area contributed by atoms with E-state index in [2.05, 4.69) is 0 Å². The monoisotopic (exact) mass is 418 g/mol. The van der Waals surface area contributed by atoms with Gasteiger partial charge in [-0.3, -0.25) is 9.59 Å². The normalized spacial score (nSPS) is 15.9. The Bertz CT molecular complexity index is 852. The van der Waals surface area contributed by atoms with Gasteiger partial charge in [0.1, 0.15) is 24.4 Å². The van der Waals surface area contributed by atoms with Gasteiger partial charge in [0, 0.05) is 11.1 Å². The lowest BCUT2D eigenvalue weighted by molar-refractivity contribution is -0.148. The number of hydrogen-bond acceptors (Lipinski definition) is 8. The molecule has 0 aliphatic carbocycles. The summed E-state index contributed by atoms with van der Waals surface area (Å²) in [5.74, 6) is -2.35. The van der Waals surface area contributed by atoms with Crippen molar-refractivity contribution in [3.63, 3.8) is 0 Å². The van der Waals surface area contributed by atoms with Gasteiger partial charge in [-0.1, -0.05) is 48.5 Å². The zero-order chi connectivity index (χ0) is 22.6. The van der Waals surface area contributed by atoms with E-state index >= 15 is 0 Å². The standard InChI is InChI=1S/C22H26O8/c1-12-7-3-5-9-14(12)19(27)22(30,20(28)15-10-6-4-8-13(15)2)21(29)18(26)17(25)16(24)11-23/h3-10,16-18,21,23-26,29-30H,11H2,1-2H3/t16-,17+,18+,21+/m0/s1. The van der Waals surface area contributed by atoms with Gasteiger partial charge in [-0.15, -0.1) is 0 Å². The van der Waals surface area contributed by atoms with E-state index < -0.39 is 48.2 Å². The average molecular weight is 418 g/mol. The molecular formula is C22H26O8. The van der Waals surface area contributed by atoms with Crippen LogP contribution in [-0.4, -0.2) is 78.8 Å². The molecular weight excluding hydrogens is 392 g/mol. The second-order valence-electron chi connectivity index (χ2n) is 7.23. The van der Waals surface area contributed by atoms with Gasteiger partial charge in [-0.2, -0.15) is 0 Å². The summed E-state index contributed by atoms with van der Waals surface area (Å²) < 4.78 is 0. The number of carbonyl (C=O) groups excluding carboxylic acids is 2. The van der Waals surface area contributed by atoms with Crippen LogP contribution in [0.4, 0.5) is 0 Å². The van der Waals surface area contributed by atoms with Gasteiger partial charge in [0.2, 0.25) is 17.2 Å². The molecule has 0 bridgehead atoms. The minimum atomic E-state index is -3.17. The molecule has 0 aromatic heterocycles. The fourth-order valence-corrected chi connectivity index (χ4v) is 3.21. The number of ketones is 2. The number of aliphatic hydroxyl groups excluding tert-OH is 5. The summed E-state index contributed by atoms with van der Waals surface area (Å²) in [6, 6.07) is 12.1. The van der Waals surface area contributed by atoms with E-state index in [4.69, 9.17) is 5.11 Å². The second kappa shape index (κ2) is 9.57. The summed E-state index contributed by atoms with van der Waals surface area (Å²) in [7, 11) is 0. The molecule has 0 aliphatic heterocycles. The van der Waals surface area contributed by atoms with Crippen molar-refractivity contribution in [3.05, 3.63) is 70.8 Å². The van der Waals surface area contributed by atoms with Crippen LogP contribution in [0.5, 0.6) is 0 Å². The molecule has 8 heteroatoms. The molecule has 0 radical (unpaired) electrons. The maximum absolute atomic E-state index is 13.3. The highest BCUT2D eigenvalue weighted by atomic mass is 16.4. The Hall–Kier alpha value is -2.46. The summed E-state index contributed by atoms with van der Waals surface area (Å²) in [5, 5.41) is 60.9. The summed E-state index contributed by atoms with van der Waals surface area (Å²) in [5.41, 5.74) is -2.48. The smallest absolute Gasteiger partial charge is 0.219 e. The molecule has 0 fully saturated rings. The van der Waals surface area contributed by atoms with Crippen LogP contribution in [0.3, 0.4) is 0 Å². The van der Waals surface area contributed by atoms with Crippen molar-refractivity contribution in [3.8, 4) is 0 Å². The number of rotatable bonds is 9. The van der Waals surface area contributed by atoms with Crippen LogP contribution in [0, 0.1) is 13.8 Å². The largest absolute Gasteiger partial charge is 0.394 e. The number of aliphatic hydroxyl groups is 6. The van der Waals surface area contributed by atoms with Crippen molar-refractivity contribution in [2.45, 2.75) is 43.9 Å². The topological polar surface area (TPSA) is 156 Å². The van der Waals surface area contributed by atoms with Crippen molar-refractivity contribution in [1.29, 1.82) is 0 Å². The van der Waals surface area contributed by atoms with Crippen molar-refractivity contribution in [2.24, 2.45) is 0 Å². The third kappa shape index (κ3) is 4.34. The number of aryl methyl sites for hydroxylation is 2. The number of benzene rings is 2. The molecule has 0 unspecified atom stereocenters. The van der Waals surface area contributed by atoms with Gasteiger partial charge in [0.05, 0.1) is 6.61 Å². The third-order valence-corrected chi connectivity index (χ3v) is 5.15. The van der Waals surface area contributed by atoms with E-state index in [1.165, 1.54) is 24.3 Å². The first-order chi connectivity index (χ1) is 14.1. The first-order valence-electron chi connectivity index (χ1n) is 9.33. The van der Waals surface area contributed by atoms with Crippen LogP contribution in [0.2, 0.25) is 0 Å². The molecule has 6 N–H and O–H groups in total. The van der Waals surface area contributed by atoms with Gasteiger partial charge in [-0.05, 0) is 25.0 Å². The van der Waals surface area contributed by atoms with Crippen molar-refractivity contribution in [2.75, 3.05) is 6.61 Å². The van der Waals surface area contributed by atoms with Gasteiger partial charge in [-0.25, -0.2) is 0 Å². The zero-order valence-corrected chi connectivity index (χ0v) is 16.6. The quantitative estimate of drug-likeness (QED) is 0.236. The molecule has 2 aromatic carbocycles. The van der Waals surface area contributed by atoms with E-state index in [9.17, 15) is 35.1 Å². The summed E-state index contributed by atoms with van der Waals surface area (Å²) >= 11 is 0. The molecule has 0 saturated heterocycles. The molecule has 0 amide bonds. The second-order valence-corrected chi connectivity index (χ2v) is 7.23. The Labute approximate surface area is 173 Å². The molecule has 30 heavy (non-hydrogen) atoms. The molecule has 4 atom stereocenters. The fourth-order valence-electron chi connectivity index (χ4n) is 3.21. The minimum Gasteiger partial charge on any atom is -0.394 e. The highest BCUT2D eigenvalue weighted by Gasteiger charge is 2.55. The Balaban J connectivity index is 2.63. The number of Topliss-reactive ketones (excluding diaryl/α,β-unsaturated/α-hetero) is 2. The predicted octanol–water partition coefficient (Wildman–Crippen LogP) is -0.464. The van der Waals surface area contributed by atoms with E-state index in [1.54, 1.807) is 38.1 Å². The first-order valence-corrected chi connectivity index (χ1v) is 9.33. The van der Waals surface area contributed by atoms with E-state index in [0.29, 0.717) is 11.1 Å². The molecule has 162 valence electrons. The molecule has 2 aromatic rings. The first kappa shape index (κ1) is 23.8. The van der Waals surface area contributed by atoms with Gasteiger partial charge < -0.3 is 30.6 Å². The van der Waals surface area contributed by atoms with Gasteiger partial charge in [0.15, 0.2) is 0 Å². The van der Waals surface area contributed by atoms with Gasteiger partial charge >= 0.3 is 0 Å². The van der Waals surface area contributed by atoms with Crippen LogP contribution in [0.25, 0.3) is 0 Å². The summed E-state index contributed by atoms with van der Waals surface area (Å²) in [4.78, 5) is 26.6. The molecule has 0 heterocycles. The number of hydrogen-bond donors (Lipinski definition) is 6. The Morgan fingerprint density at radius 2 is 1.20 bits per heavy atom. The van der Waals surface area contributed by atoms with Crippen molar-refractivity contribution in [1.82, 2.24) is 0 Å². The van der Waals surface area contributed by atoms with Crippen molar-refractivity contribution < 1.29 is 40.2 Å². The third-order valence-electron chi connectivity index (χ3n) is 5.15. The van der Waals surface area contributed by atoms with Crippen LogP contribution in [0.1, 0.15) is 31.8 Å². The lowest BCUT2D eigenvalue weighted by Gasteiger charge is -2.36. The summed E-state index contributed by atoms with van der Waals surface area (Å²) in [6.07, 6.45) is -8.84. The SMILES string of the molecule is Cc1ccccc1C(=O)C(O)(C(=O)c1ccccc1C)[C@H](O)[C@H](O)[C@H](O)[C@@H](O)CO. The van der Waals surface area contributed by atoms with Crippen molar-refractivity contribution >= 4 is 11.6 Å². The van der Waals surface area contributed by atoms with Crippen LogP contribution in [-0.2, 0) is 0 Å². The highest BCUT2D eigenvalue weighted by molar-refractivity contribution is 6.23. The van der Waals surface area contributed by atoms with Crippen LogP contribution in [0.15, 0.2) is 48.5 Å². The maximum Gasteiger partial charge on any atom is 0.219 e. The Morgan fingerprint density at radius 1 is 0.800 bits per heavy atom. The molecule has 8 nitrogen and oxygen atoms in total. The van der Waals surface area contributed by atoms with Gasteiger partial charge in [0.25, 0.3) is 0 Å². The molecule has 0 aliphatic rings.